The molecule has 136 valence electrons. The molecule has 0 fully saturated rings. The molecule has 5 nitrogen and oxygen atoms in total. The number of ether oxygens (including phenoxy) is 1. The number of aromatic nitrogens is 1. The van der Waals surface area contributed by atoms with Gasteiger partial charge in [0.25, 0.3) is 5.03 Å². The number of nitrogens with zero attached hydrogens (tertiary/aromatic N) is 1. The first kappa shape index (κ1) is 18.4. The Kier molecular flexibility index (Phi) is 4.76. The minimum Gasteiger partial charge on any atom is -0.618 e. The van der Waals surface area contributed by atoms with Crippen LogP contribution in [0.4, 0.5) is 13.2 Å². The van der Waals surface area contributed by atoms with Crippen LogP contribution >= 0.6 is 23.4 Å². The summed E-state index contributed by atoms with van der Waals surface area (Å²) in [5.74, 6) is -1.90. The molecular weight excluding hydrogens is 395 g/mol. The molecule has 1 N–H and O–H groups in total. The Balaban J connectivity index is 2.03. The highest BCUT2D eigenvalue weighted by Crippen LogP contribution is 2.42. The quantitative estimate of drug-likeness (QED) is 0.621. The topological polar surface area (TPSA) is 73.5 Å². The number of alkyl halides is 3. The van der Waals surface area contributed by atoms with E-state index in [-0.39, 0.29) is 21.4 Å². The van der Waals surface area contributed by atoms with Crippen molar-refractivity contribution in [2.24, 2.45) is 0 Å². The fourth-order valence-electron chi connectivity index (χ4n) is 2.30. The van der Waals surface area contributed by atoms with E-state index in [2.05, 4.69) is 0 Å². The minimum atomic E-state index is -4.90. The lowest BCUT2D eigenvalue weighted by molar-refractivity contribution is -0.645. The van der Waals surface area contributed by atoms with Crippen molar-refractivity contribution in [3.8, 4) is 5.75 Å². The third kappa shape index (κ3) is 3.58. The van der Waals surface area contributed by atoms with Crippen molar-refractivity contribution in [2.75, 3.05) is 0 Å². The lowest BCUT2D eigenvalue weighted by atomic mass is 10.0. The molecule has 1 aromatic heterocycles. The maximum Gasteiger partial charge on any atom is 0.430 e. The smallest absolute Gasteiger partial charge is 0.430 e. The average Bonchev–Trinajstić information content (AvgIpc) is 2.55. The lowest BCUT2D eigenvalue weighted by Crippen LogP contribution is -2.40. The van der Waals surface area contributed by atoms with E-state index >= 15 is 0 Å². The molecule has 2 heterocycles. The Morgan fingerprint density at radius 1 is 1.35 bits per heavy atom. The van der Waals surface area contributed by atoms with Gasteiger partial charge in [-0.3, -0.25) is 0 Å². The van der Waals surface area contributed by atoms with Gasteiger partial charge in [0.05, 0.1) is 10.6 Å². The Labute approximate surface area is 154 Å². The number of halogens is 4. The SMILES string of the molecule is O=C(O)C1=Cc2cc(Cl)c(Sc3cccc[n+]3[O-])cc2OC1C(F)(F)F. The number of hydrogen-bond acceptors (Lipinski definition) is 4. The molecule has 2 aromatic rings. The second-order valence-electron chi connectivity index (χ2n) is 5.23. The summed E-state index contributed by atoms with van der Waals surface area (Å²) in [6.45, 7) is 0. The highest BCUT2D eigenvalue weighted by Gasteiger charge is 2.48. The van der Waals surface area contributed by atoms with Gasteiger partial charge in [0.2, 0.25) is 6.10 Å². The second kappa shape index (κ2) is 6.73. The standard InChI is InChI=1S/C16H9ClF3NO4S/c17-10-6-8-5-9(15(22)23)14(16(18,19)20)25-11(8)7-12(10)26-13-3-1-2-4-21(13)24/h1-7,14H,(H,22,23). The van der Waals surface area contributed by atoms with E-state index in [0.717, 1.165) is 17.8 Å². The van der Waals surface area contributed by atoms with Gasteiger partial charge in [-0.05, 0) is 36.0 Å². The molecule has 0 saturated carbocycles. The fourth-order valence-corrected chi connectivity index (χ4v) is 3.43. The Morgan fingerprint density at radius 2 is 2.08 bits per heavy atom. The summed E-state index contributed by atoms with van der Waals surface area (Å²) in [4.78, 5) is 11.4. The average molecular weight is 404 g/mol. The first-order valence-electron chi connectivity index (χ1n) is 7.04. The predicted octanol–water partition coefficient (Wildman–Crippen LogP) is 3.92. The highest BCUT2D eigenvalue weighted by atomic mass is 35.5. The maximum atomic E-state index is 13.1. The van der Waals surface area contributed by atoms with Crippen LogP contribution < -0.4 is 9.47 Å². The Bertz CT molecular complexity index is 917. The molecule has 0 amide bonds. The third-order valence-corrected chi connectivity index (χ3v) is 4.96. The molecule has 0 bridgehead atoms. The second-order valence-corrected chi connectivity index (χ2v) is 6.70. The number of carbonyl (C=O) groups is 1. The number of aliphatic carboxylic acids is 1. The van der Waals surface area contributed by atoms with Gasteiger partial charge in [-0.25, -0.2) is 4.79 Å². The normalized spacial score (nSPS) is 16.5. The predicted molar refractivity (Wildman–Crippen MR) is 87.1 cm³/mol. The summed E-state index contributed by atoms with van der Waals surface area (Å²) in [6, 6.07) is 7.23. The summed E-state index contributed by atoms with van der Waals surface area (Å²) in [5.41, 5.74) is -0.817. The molecule has 1 aliphatic heterocycles. The molecular formula is C16H9ClF3NO4S. The van der Waals surface area contributed by atoms with Gasteiger partial charge in [0.1, 0.15) is 5.75 Å². The fraction of sp³-hybridized carbons (Fsp3) is 0.125. The van der Waals surface area contributed by atoms with Crippen LogP contribution in [-0.4, -0.2) is 23.4 Å². The summed E-state index contributed by atoms with van der Waals surface area (Å²) >= 11 is 7.08. The van der Waals surface area contributed by atoms with Gasteiger partial charge in [-0.1, -0.05) is 11.6 Å². The Morgan fingerprint density at radius 3 is 2.69 bits per heavy atom. The summed E-state index contributed by atoms with van der Waals surface area (Å²) in [5, 5.41) is 21.2. The van der Waals surface area contributed by atoms with Gasteiger partial charge in [-0.15, -0.1) is 0 Å². The molecule has 1 atom stereocenters. The third-order valence-electron chi connectivity index (χ3n) is 3.45. The number of rotatable bonds is 3. The Hall–Kier alpha value is -2.39. The van der Waals surface area contributed by atoms with Gasteiger partial charge in [0, 0.05) is 22.6 Å². The zero-order valence-electron chi connectivity index (χ0n) is 12.7. The monoisotopic (exact) mass is 403 g/mol. The molecule has 0 spiro atoms. The van der Waals surface area contributed by atoms with Crippen molar-refractivity contribution in [1.29, 1.82) is 0 Å². The molecule has 26 heavy (non-hydrogen) atoms. The van der Waals surface area contributed by atoms with E-state index in [4.69, 9.17) is 21.4 Å². The summed E-state index contributed by atoms with van der Waals surface area (Å²) in [6.07, 6.45) is -5.33. The number of hydrogen-bond donors (Lipinski definition) is 1. The number of carboxylic acid groups (broad SMARTS) is 1. The van der Waals surface area contributed by atoms with Gasteiger partial charge in [0.15, 0.2) is 6.20 Å². The number of fused-ring (bicyclic) bond motifs is 1. The molecule has 1 aromatic carbocycles. The van der Waals surface area contributed by atoms with Crippen LogP contribution in [-0.2, 0) is 4.79 Å². The largest absolute Gasteiger partial charge is 0.618 e. The molecule has 0 aliphatic carbocycles. The molecule has 1 aliphatic rings. The first-order chi connectivity index (χ1) is 12.2. The molecule has 0 saturated heterocycles. The summed E-state index contributed by atoms with van der Waals surface area (Å²) in [7, 11) is 0. The number of pyridine rings is 1. The van der Waals surface area contributed by atoms with Crippen molar-refractivity contribution in [3.05, 3.63) is 57.9 Å². The van der Waals surface area contributed by atoms with Crippen molar-refractivity contribution < 1.29 is 32.5 Å². The van der Waals surface area contributed by atoms with Crippen LogP contribution in [0.25, 0.3) is 6.08 Å². The van der Waals surface area contributed by atoms with E-state index in [9.17, 15) is 23.2 Å². The molecule has 1 unspecified atom stereocenters. The molecule has 0 radical (unpaired) electrons. The zero-order chi connectivity index (χ0) is 19.1. The van der Waals surface area contributed by atoms with E-state index in [0.29, 0.717) is 9.63 Å². The van der Waals surface area contributed by atoms with Crippen LogP contribution in [0.3, 0.4) is 0 Å². The summed E-state index contributed by atoms with van der Waals surface area (Å²) < 4.78 is 44.8. The van der Waals surface area contributed by atoms with Crippen molar-refractivity contribution >= 4 is 35.4 Å². The number of carboxylic acids is 1. The minimum absolute atomic E-state index is 0.111. The van der Waals surface area contributed by atoms with Gasteiger partial charge >= 0.3 is 12.1 Å². The van der Waals surface area contributed by atoms with Crippen LogP contribution in [0.5, 0.6) is 5.75 Å². The van der Waals surface area contributed by atoms with Crippen molar-refractivity contribution in [2.45, 2.75) is 22.2 Å². The van der Waals surface area contributed by atoms with E-state index in [1.807, 2.05) is 0 Å². The van der Waals surface area contributed by atoms with Crippen molar-refractivity contribution in [1.82, 2.24) is 0 Å². The van der Waals surface area contributed by atoms with Crippen LogP contribution in [0.2, 0.25) is 5.02 Å². The van der Waals surface area contributed by atoms with Gasteiger partial charge in [-0.2, -0.15) is 17.9 Å². The van der Waals surface area contributed by atoms with Crippen LogP contribution in [0.1, 0.15) is 5.56 Å². The molecule has 3 rings (SSSR count). The zero-order valence-corrected chi connectivity index (χ0v) is 14.2. The van der Waals surface area contributed by atoms with Gasteiger partial charge < -0.3 is 15.1 Å². The van der Waals surface area contributed by atoms with Crippen molar-refractivity contribution in [3.63, 3.8) is 0 Å². The first-order valence-corrected chi connectivity index (χ1v) is 8.24. The van der Waals surface area contributed by atoms with E-state index in [1.165, 1.54) is 30.5 Å². The number of benzene rings is 1. The van der Waals surface area contributed by atoms with E-state index < -0.39 is 23.8 Å². The molecule has 10 heteroatoms. The van der Waals surface area contributed by atoms with E-state index in [1.54, 1.807) is 6.07 Å². The van der Waals surface area contributed by atoms with Crippen LogP contribution in [0, 0.1) is 5.21 Å². The maximum absolute atomic E-state index is 13.1. The lowest BCUT2D eigenvalue weighted by Gasteiger charge is -2.27. The highest BCUT2D eigenvalue weighted by molar-refractivity contribution is 7.99. The van der Waals surface area contributed by atoms with Crippen LogP contribution in [0.15, 0.2) is 52.0 Å².